The maximum atomic E-state index is 5.80. The molecule has 3 nitrogen and oxygen atoms in total. The van der Waals surface area contributed by atoms with Crippen LogP contribution in [0.2, 0.25) is 0 Å². The van der Waals surface area contributed by atoms with Crippen LogP contribution >= 0.6 is 0 Å². The molecule has 1 saturated heterocycles. The highest BCUT2D eigenvalue weighted by molar-refractivity contribution is 5.39. The zero-order valence-electron chi connectivity index (χ0n) is 11.3. The minimum atomic E-state index is -0.223. The van der Waals surface area contributed by atoms with Gasteiger partial charge in [-0.3, -0.25) is 0 Å². The van der Waals surface area contributed by atoms with Crippen LogP contribution < -0.4 is 5.73 Å². The lowest BCUT2D eigenvalue weighted by Crippen LogP contribution is -2.28. The van der Waals surface area contributed by atoms with Crippen LogP contribution in [0.4, 0.5) is 5.69 Å². The van der Waals surface area contributed by atoms with E-state index < -0.39 is 0 Å². The number of rotatable bonds is 4. The molecule has 3 heteroatoms. The summed E-state index contributed by atoms with van der Waals surface area (Å²) in [6, 6.07) is 7.70. The molecule has 1 heterocycles. The van der Waals surface area contributed by atoms with Crippen LogP contribution in [-0.2, 0) is 9.47 Å². The Kier molecular flexibility index (Phi) is 4.61. The van der Waals surface area contributed by atoms with Crippen molar-refractivity contribution in [3.05, 3.63) is 29.8 Å². The molecule has 2 rings (SSSR count). The van der Waals surface area contributed by atoms with Crippen molar-refractivity contribution in [3.8, 4) is 0 Å². The molecule has 1 aromatic rings. The molecule has 1 fully saturated rings. The van der Waals surface area contributed by atoms with Gasteiger partial charge in [-0.2, -0.15) is 0 Å². The topological polar surface area (TPSA) is 44.5 Å². The Balaban J connectivity index is 1.84. The van der Waals surface area contributed by atoms with Gasteiger partial charge in [0.2, 0.25) is 0 Å². The normalized spacial score (nSPS) is 25.9. The highest BCUT2D eigenvalue weighted by Gasteiger charge is 2.24. The van der Waals surface area contributed by atoms with Crippen LogP contribution in [0, 0.1) is 11.8 Å². The number of nitrogen functional groups attached to an aromatic ring is 1. The van der Waals surface area contributed by atoms with Gasteiger partial charge in [-0.1, -0.05) is 32.4 Å². The van der Waals surface area contributed by atoms with Gasteiger partial charge in [0.05, 0.1) is 13.2 Å². The minimum Gasteiger partial charge on any atom is -0.399 e. The molecule has 1 atom stereocenters. The molecule has 0 aromatic heterocycles. The number of anilines is 1. The van der Waals surface area contributed by atoms with E-state index in [9.17, 15) is 0 Å². The van der Waals surface area contributed by atoms with E-state index in [1.165, 1.54) is 12.8 Å². The summed E-state index contributed by atoms with van der Waals surface area (Å²) in [6.07, 6.45) is 2.18. The third kappa shape index (κ3) is 3.47. The molecule has 0 bridgehead atoms. The average molecular weight is 249 g/mol. The smallest absolute Gasteiger partial charge is 0.183 e. The summed E-state index contributed by atoms with van der Waals surface area (Å²) in [5.74, 6) is 1.28. The van der Waals surface area contributed by atoms with E-state index >= 15 is 0 Å². The second-order valence-electron chi connectivity index (χ2n) is 5.28. The fourth-order valence-electron chi connectivity index (χ4n) is 2.26. The zero-order chi connectivity index (χ0) is 13.0. The number of hydrogen-bond donors (Lipinski definition) is 1. The molecule has 1 aliphatic rings. The summed E-state index contributed by atoms with van der Waals surface area (Å²) in [4.78, 5) is 0. The van der Waals surface area contributed by atoms with E-state index in [2.05, 4.69) is 13.8 Å². The maximum Gasteiger partial charge on any atom is 0.183 e. The number of hydrogen-bond acceptors (Lipinski definition) is 3. The van der Waals surface area contributed by atoms with Crippen molar-refractivity contribution in [1.29, 1.82) is 0 Å². The van der Waals surface area contributed by atoms with E-state index in [1.807, 2.05) is 24.3 Å². The van der Waals surface area contributed by atoms with Gasteiger partial charge < -0.3 is 15.2 Å². The lowest BCUT2D eigenvalue weighted by molar-refractivity contribution is -0.207. The fourth-order valence-corrected chi connectivity index (χ4v) is 2.26. The first-order valence-electron chi connectivity index (χ1n) is 6.77. The Labute approximate surface area is 109 Å². The van der Waals surface area contributed by atoms with Crippen LogP contribution in [0.1, 0.15) is 38.5 Å². The van der Waals surface area contributed by atoms with Crippen molar-refractivity contribution in [2.24, 2.45) is 11.8 Å². The third-order valence-electron chi connectivity index (χ3n) is 3.61. The van der Waals surface area contributed by atoms with Gasteiger partial charge in [0, 0.05) is 17.2 Å². The van der Waals surface area contributed by atoms with Crippen LogP contribution in [0.5, 0.6) is 0 Å². The Morgan fingerprint density at radius 1 is 1.22 bits per heavy atom. The SMILES string of the molecule is CCC(C)C[C@H]1CO[C@H](c2ccc(N)cc2)OC1. The van der Waals surface area contributed by atoms with Crippen LogP contribution in [0.15, 0.2) is 24.3 Å². The van der Waals surface area contributed by atoms with Crippen LogP contribution in [-0.4, -0.2) is 13.2 Å². The zero-order valence-corrected chi connectivity index (χ0v) is 11.3. The lowest BCUT2D eigenvalue weighted by Gasteiger charge is -2.30. The standard InChI is InChI=1S/C15H23NO2/c1-3-11(2)8-12-9-17-15(18-10-12)13-4-6-14(16)7-5-13/h4-7,11-12,15H,3,8-10,16H2,1-2H3/t11?,12-,15-. The molecule has 0 radical (unpaired) electrons. The molecular weight excluding hydrogens is 226 g/mol. The van der Waals surface area contributed by atoms with Gasteiger partial charge in [-0.15, -0.1) is 0 Å². The molecule has 0 amide bonds. The van der Waals surface area contributed by atoms with Crippen molar-refractivity contribution in [1.82, 2.24) is 0 Å². The van der Waals surface area contributed by atoms with Gasteiger partial charge in [0.1, 0.15) is 0 Å². The number of nitrogens with two attached hydrogens (primary N) is 1. The van der Waals surface area contributed by atoms with E-state index in [1.54, 1.807) is 0 Å². The first kappa shape index (κ1) is 13.4. The molecule has 2 N–H and O–H groups in total. The number of benzene rings is 1. The Morgan fingerprint density at radius 2 is 1.83 bits per heavy atom. The van der Waals surface area contributed by atoms with Gasteiger partial charge in [0.25, 0.3) is 0 Å². The summed E-state index contributed by atoms with van der Waals surface area (Å²) < 4.78 is 11.6. The van der Waals surface area contributed by atoms with Crippen LogP contribution in [0.3, 0.4) is 0 Å². The summed E-state index contributed by atoms with van der Waals surface area (Å²) in [6.45, 7) is 6.09. The summed E-state index contributed by atoms with van der Waals surface area (Å²) >= 11 is 0. The monoisotopic (exact) mass is 249 g/mol. The fraction of sp³-hybridized carbons (Fsp3) is 0.600. The van der Waals surface area contributed by atoms with Gasteiger partial charge in [0.15, 0.2) is 6.29 Å². The van der Waals surface area contributed by atoms with Gasteiger partial charge in [-0.05, 0) is 24.5 Å². The average Bonchev–Trinajstić information content (AvgIpc) is 2.40. The quantitative estimate of drug-likeness (QED) is 0.832. The molecule has 18 heavy (non-hydrogen) atoms. The van der Waals surface area contributed by atoms with E-state index in [0.29, 0.717) is 5.92 Å². The number of ether oxygens (including phenoxy) is 2. The maximum absolute atomic E-state index is 5.80. The van der Waals surface area contributed by atoms with Crippen molar-refractivity contribution in [2.75, 3.05) is 18.9 Å². The molecule has 0 saturated carbocycles. The highest BCUT2D eigenvalue weighted by Crippen LogP contribution is 2.28. The van der Waals surface area contributed by atoms with E-state index in [-0.39, 0.29) is 6.29 Å². The molecule has 100 valence electrons. The van der Waals surface area contributed by atoms with Crippen molar-refractivity contribution in [2.45, 2.75) is 33.0 Å². The lowest BCUT2D eigenvalue weighted by atomic mass is 9.94. The predicted molar refractivity (Wildman–Crippen MR) is 73.1 cm³/mol. The Bertz CT molecular complexity index is 355. The molecule has 1 unspecified atom stereocenters. The third-order valence-corrected chi connectivity index (χ3v) is 3.61. The second kappa shape index (κ2) is 6.21. The van der Waals surface area contributed by atoms with E-state index in [0.717, 1.165) is 30.4 Å². The van der Waals surface area contributed by atoms with Crippen molar-refractivity contribution >= 4 is 5.69 Å². The molecule has 0 aliphatic carbocycles. The van der Waals surface area contributed by atoms with Gasteiger partial charge in [-0.25, -0.2) is 0 Å². The van der Waals surface area contributed by atoms with Crippen molar-refractivity contribution in [3.63, 3.8) is 0 Å². The van der Waals surface area contributed by atoms with Gasteiger partial charge >= 0.3 is 0 Å². The predicted octanol–water partition coefficient (Wildman–Crippen LogP) is 3.37. The highest BCUT2D eigenvalue weighted by atomic mass is 16.7. The molecule has 0 spiro atoms. The Hall–Kier alpha value is -1.06. The van der Waals surface area contributed by atoms with E-state index in [4.69, 9.17) is 15.2 Å². The Morgan fingerprint density at radius 3 is 2.39 bits per heavy atom. The molecular formula is C15H23NO2. The first-order valence-corrected chi connectivity index (χ1v) is 6.77. The molecule has 1 aliphatic heterocycles. The minimum absolute atomic E-state index is 0.223. The van der Waals surface area contributed by atoms with Crippen LogP contribution in [0.25, 0.3) is 0 Å². The largest absolute Gasteiger partial charge is 0.399 e. The first-order chi connectivity index (χ1) is 8.69. The molecule has 1 aromatic carbocycles. The van der Waals surface area contributed by atoms with Crippen molar-refractivity contribution < 1.29 is 9.47 Å². The second-order valence-corrected chi connectivity index (χ2v) is 5.28. The summed E-state index contributed by atoms with van der Waals surface area (Å²) in [5, 5.41) is 0. The summed E-state index contributed by atoms with van der Waals surface area (Å²) in [5.41, 5.74) is 7.48. The summed E-state index contributed by atoms with van der Waals surface area (Å²) in [7, 11) is 0.